The highest BCUT2D eigenvalue weighted by Gasteiger charge is 2.39. The number of allylic oxidation sites excluding steroid dienone is 1. The van der Waals surface area contributed by atoms with Crippen molar-refractivity contribution in [3.63, 3.8) is 0 Å². The lowest BCUT2D eigenvalue weighted by atomic mass is 9.84. The van der Waals surface area contributed by atoms with Crippen LogP contribution in [0.4, 0.5) is 0 Å². The number of methoxy groups -OCH3 is 4. The van der Waals surface area contributed by atoms with Gasteiger partial charge < -0.3 is 28.4 Å². The Balaban J connectivity index is 1.61. The second kappa shape index (κ2) is 9.30. The van der Waals surface area contributed by atoms with Crippen molar-refractivity contribution in [2.24, 2.45) is 0 Å². The minimum Gasteiger partial charge on any atom is -0.493 e. The fourth-order valence-corrected chi connectivity index (χ4v) is 4.63. The van der Waals surface area contributed by atoms with Crippen LogP contribution in [-0.4, -0.2) is 40.2 Å². The maximum Gasteiger partial charge on any atom is 0.312 e. The number of hydrogen-bond acceptors (Lipinski definition) is 8. The predicted octanol–water partition coefficient (Wildman–Crippen LogP) is 4.78. The van der Waals surface area contributed by atoms with Crippen molar-refractivity contribution < 1.29 is 38.0 Å². The normalized spacial score (nSPS) is 17.1. The monoisotopic (exact) mass is 488 g/mol. The summed E-state index contributed by atoms with van der Waals surface area (Å²) in [6.45, 7) is 0. The van der Waals surface area contributed by atoms with Gasteiger partial charge in [-0.15, -0.1) is 0 Å². The SMILES string of the molecule is COc1ccc(C2CC(=O)Oc3ccc4c(c32)O/C(=C\c2cccc(OC)c2OC)C4=O)cc1OC. The van der Waals surface area contributed by atoms with Crippen molar-refractivity contribution in [3.05, 3.63) is 76.5 Å². The van der Waals surface area contributed by atoms with E-state index in [1.807, 2.05) is 12.1 Å². The topological polar surface area (TPSA) is 89.5 Å². The molecule has 0 amide bonds. The second-order valence-corrected chi connectivity index (χ2v) is 8.22. The molecule has 0 aliphatic carbocycles. The number of para-hydroxylation sites is 1. The zero-order valence-electron chi connectivity index (χ0n) is 20.2. The number of carbonyl (C=O) groups is 2. The molecule has 2 heterocycles. The van der Waals surface area contributed by atoms with E-state index in [1.54, 1.807) is 63.8 Å². The lowest BCUT2D eigenvalue weighted by Gasteiger charge is -2.26. The van der Waals surface area contributed by atoms with Crippen LogP contribution in [0.25, 0.3) is 6.08 Å². The Morgan fingerprint density at radius 1 is 0.833 bits per heavy atom. The standard InChI is InChI=1S/C28H24O8/c1-31-19-10-8-15(12-22(19)33-3)18-14-24(29)35-20-11-9-17-26(30)23(36-28(17)25(18)20)13-16-6-5-7-21(32-2)27(16)34-4/h5-13,18H,14H2,1-4H3/b23-13-. The Kier molecular flexibility index (Phi) is 6.01. The minimum atomic E-state index is -0.408. The Morgan fingerprint density at radius 2 is 1.61 bits per heavy atom. The van der Waals surface area contributed by atoms with Gasteiger partial charge in [-0.05, 0) is 42.0 Å². The number of hydrogen-bond donors (Lipinski definition) is 0. The number of fused-ring (bicyclic) bond motifs is 3. The van der Waals surface area contributed by atoms with E-state index in [9.17, 15) is 9.59 Å². The minimum absolute atomic E-state index is 0.0826. The number of rotatable bonds is 6. The van der Waals surface area contributed by atoms with Gasteiger partial charge in [0.1, 0.15) is 11.5 Å². The van der Waals surface area contributed by atoms with E-state index in [2.05, 4.69) is 0 Å². The Bertz CT molecular complexity index is 1400. The third-order valence-corrected chi connectivity index (χ3v) is 6.31. The van der Waals surface area contributed by atoms with Crippen LogP contribution in [0.3, 0.4) is 0 Å². The molecule has 1 atom stereocenters. The third kappa shape index (κ3) is 3.80. The molecule has 8 heteroatoms. The highest BCUT2D eigenvalue weighted by molar-refractivity contribution is 6.15. The van der Waals surface area contributed by atoms with Gasteiger partial charge in [0.05, 0.1) is 40.4 Å². The van der Waals surface area contributed by atoms with Gasteiger partial charge in [-0.3, -0.25) is 9.59 Å². The molecule has 0 saturated carbocycles. The van der Waals surface area contributed by atoms with E-state index in [0.717, 1.165) is 5.56 Å². The first-order chi connectivity index (χ1) is 17.5. The Hall–Kier alpha value is -4.46. The summed E-state index contributed by atoms with van der Waals surface area (Å²) in [7, 11) is 6.19. The van der Waals surface area contributed by atoms with Crippen LogP contribution in [0.5, 0.6) is 34.5 Å². The number of Topliss-reactive ketones (excluding diaryl/α,β-unsaturated/α-hetero) is 1. The molecule has 2 aliphatic rings. The van der Waals surface area contributed by atoms with Gasteiger partial charge in [-0.25, -0.2) is 0 Å². The summed E-state index contributed by atoms with van der Waals surface area (Å²) in [6, 6.07) is 14.1. The lowest BCUT2D eigenvalue weighted by Crippen LogP contribution is -2.21. The van der Waals surface area contributed by atoms with Crippen LogP contribution in [0.1, 0.15) is 39.4 Å². The van der Waals surface area contributed by atoms with E-state index >= 15 is 0 Å². The molecule has 5 rings (SSSR count). The Labute approximate surface area is 207 Å². The molecule has 0 saturated heterocycles. The van der Waals surface area contributed by atoms with Gasteiger partial charge in [0.15, 0.2) is 28.8 Å². The van der Waals surface area contributed by atoms with Gasteiger partial charge >= 0.3 is 5.97 Å². The molecule has 0 spiro atoms. The van der Waals surface area contributed by atoms with E-state index < -0.39 is 5.92 Å². The van der Waals surface area contributed by atoms with Gasteiger partial charge in [-0.1, -0.05) is 18.2 Å². The smallest absolute Gasteiger partial charge is 0.312 e. The predicted molar refractivity (Wildman–Crippen MR) is 131 cm³/mol. The van der Waals surface area contributed by atoms with Crippen LogP contribution in [0, 0.1) is 0 Å². The van der Waals surface area contributed by atoms with Gasteiger partial charge in [0, 0.05) is 17.0 Å². The fourth-order valence-electron chi connectivity index (χ4n) is 4.63. The number of ether oxygens (including phenoxy) is 6. The number of carbonyl (C=O) groups excluding carboxylic acids is 2. The van der Waals surface area contributed by atoms with Crippen LogP contribution >= 0.6 is 0 Å². The summed E-state index contributed by atoms with van der Waals surface area (Å²) in [4.78, 5) is 25.8. The summed E-state index contributed by atoms with van der Waals surface area (Å²) in [6.07, 6.45) is 1.70. The van der Waals surface area contributed by atoms with Gasteiger partial charge in [-0.2, -0.15) is 0 Å². The molecule has 184 valence electrons. The zero-order chi connectivity index (χ0) is 25.4. The molecule has 8 nitrogen and oxygen atoms in total. The molecule has 0 aromatic heterocycles. The molecule has 3 aromatic rings. The molecule has 0 fully saturated rings. The summed E-state index contributed by atoms with van der Waals surface area (Å²) >= 11 is 0. The summed E-state index contributed by atoms with van der Waals surface area (Å²) < 4.78 is 33.3. The molecular formula is C28H24O8. The first-order valence-corrected chi connectivity index (χ1v) is 11.2. The largest absolute Gasteiger partial charge is 0.493 e. The first kappa shape index (κ1) is 23.3. The van der Waals surface area contributed by atoms with Crippen molar-refractivity contribution in [3.8, 4) is 34.5 Å². The number of esters is 1. The first-order valence-electron chi connectivity index (χ1n) is 11.2. The van der Waals surface area contributed by atoms with Crippen molar-refractivity contribution in [2.45, 2.75) is 12.3 Å². The quantitative estimate of drug-likeness (QED) is 0.278. The van der Waals surface area contributed by atoms with Crippen LogP contribution in [-0.2, 0) is 4.79 Å². The highest BCUT2D eigenvalue weighted by atomic mass is 16.5. The van der Waals surface area contributed by atoms with E-state index in [0.29, 0.717) is 51.2 Å². The number of benzene rings is 3. The van der Waals surface area contributed by atoms with E-state index in [-0.39, 0.29) is 23.9 Å². The molecule has 3 aromatic carbocycles. The summed E-state index contributed by atoms with van der Waals surface area (Å²) in [5.41, 5.74) is 2.46. The molecule has 0 radical (unpaired) electrons. The van der Waals surface area contributed by atoms with Crippen LogP contribution in [0.2, 0.25) is 0 Å². The van der Waals surface area contributed by atoms with Gasteiger partial charge in [0.25, 0.3) is 0 Å². The molecule has 2 aliphatic heterocycles. The average molecular weight is 488 g/mol. The van der Waals surface area contributed by atoms with Gasteiger partial charge in [0.2, 0.25) is 5.78 Å². The van der Waals surface area contributed by atoms with E-state index in [4.69, 9.17) is 28.4 Å². The summed E-state index contributed by atoms with van der Waals surface area (Å²) in [5.74, 6) is 1.93. The van der Waals surface area contributed by atoms with Crippen molar-refractivity contribution in [2.75, 3.05) is 28.4 Å². The molecular weight excluding hydrogens is 464 g/mol. The maximum absolute atomic E-state index is 13.3. The zero-order valence-corrected chi connectivity index (χ0v) is 20.2. The van der Waals surface area contributed by atoms with Crippen molar-refractivity contribution in [1.29, 1.82) is 0 Å². The molecule has 0 N–H and O–H groups in total. The highest BCUT2D eigenvalue weighted by Crippen LogP contribution is 2.50. The maximum atomic E-state index is 13.3. The Morgan fingerprint density at radius 3 is 2.33 bits per heavy atom. The molecule has 0 bridgehead atoms. The van der Waals surface area contributed by atoms with Crippen molar-refractivity contribution in [1.82, 2.24) is 0 Å². The average Bonchev–Trinajstić information content (AvgIpc) is 3.22. The van der Waals surface area contributed by atoms with Crippen molar-refractivity contribution >= 4 is 17.8 Å². The molecule has 1 unspecified atom stereocenters. The van der Waals surface area contributed by atoms with Crippen LogP contribution in [0.15, 0.2) is 54.3 Å². The second-order valence-electron chi connectivity index (χ2n) is 8.22. The lowest BCUT2D eigenvalue weighted by molar-refractivity contribution is -0.135. The number of ketones is 1. The molecule has 36 heavy (non-hydrogen) atoms. The van der Waals surface area contributed by atoms with Crippen LogP contribution < -0.4 is 28.4 Å². The third-order valence-electron chi connectivity index (χ3n) is 6.31. The summed E-state index contributed by atoms with van der Waals surface area (Å²) in [5, 5.41) is 0. The van der Waals surface area contributed by atoms with E-state index in [1.165, 1.54) is 7.11 Å². The fraction of sp³-hybridized carbons (Fsp3) is 0.214.